The smallest absolute Gasteiger partial charge is 0.402 e. The predicted octanol–water partition coefficient (Wildman–Crippen LogP) is 6.15. The van der Waals surface area contributed by atoms with Crippen molar-refractivity contribution in [2.75, 3.05) is 0 Å². The van der Waals surface area contributed by atoms with Gasteiger partial charge in [0, 0.05) is 0 Å². The lowest BCUT2D eigenvalue weighted by atomic mass is 9.70. The summed E-state index contributed by atoms with van der Waals surface area (Å²) in [5, 5.41) is 8.82. The monoisotopic (exact) mass is 728 g/mol. The summed E-state index contributed by atoms with van der Waals surface area (Å²) in [7, 11) is -2.14. The SMILES string of the molecule is CC1OB(c2cc3cc(B4OC(C)C(C)(C)O4)cc4c5cc(B6OC(C)(C)C(C)(C)O6)cc6cc(B7OC(C)(C)C(C)(C)O7)cc(c(c2)c34)c65)OC1(C)C. The van der Waals surface area contributed by atoms with Crippen LogP contribution >= 0.6 is 0 Å². The zero-order valence-corrected chi connectivity index (χ0v) is 34.3. The molecule has 4 heterocycles. The van der Waals surface area contributed by atoms with Gasteiger partial charge in [-0.2, -0.15) is 0 Å². The lowest BCUT2D eigenvalue weighted by molar-refractivity contribution is 0.00578. The van der Waals surface area contributed by atoms with Gasteiger partial charge in [-0.3, -0.25) is 0 Å². The fraction of sp³-hybridized carbons (Fsp3) is 0.524. The van der Waals surface area contributed by atoms with Crippen molar-refractivity contribution in [1.29, 1.82) is 0 Å². The van der Waals surface area contributed by atoms with Gasteiger partial charge >= 0.3 is 28.5 Å². The van der Waals surface area contributed by atoms with Crippen molar-refractivity contribution in [2.45, 2.75) is 143 Å². The molecule has 280 valence electrons. The van der Waals surface area contributed by atoms with Crippen LogP contribution in [-0.2, 0) is 37.2 Å². The molecule has 0 bridgehead atoms. The second kappa shape index (κ2) is 11.5. The van der Waals surface area contributed by atoms with Gasteiger partial charge in [0.05, 0.1) is 45.8 Å². The van der Waals surface area contributed by atoms with E-state index < -0.39 is 62.1 Å². The lowest BCUT2D eigenvalue weighted by Crippen LogP contribution is -2.41. The molecule has 0 radical (unpaired) electrons. The molecule has 0 N–H and O–H groups in total. The van der Waals surface area contributed by atoms with Crippen LogP contribution in [0.1, 0.15) is 96.9 Å². The summed E-state index contributed by atoms with van der Waals surface area (Å²) in [6.45, 7) is 29.2. The van der Waals surface area contributed by atoms with E-state index in [4.69, 9.17) is 37.2 Å². The molecule has 4 aliphatic heterocycles. The first-order valence-corrected chi connectivity index (χ1v) is 19.6. The Labute approximate surface area is 321 Å². The average Bonchev–Trinajstić information content (AvgIpc) is 3.67. The fourth-order valence-corrected chi connectivity index (χ4v) is 8.27. The molecule has 54 heavy (non-hydrogen) atoms. The zero-order valence-electron chi connectivity index (χ0n) is 34.3. The predicted molar refractivity (Wildman–Crippen MR) is 221 cm³/mol. The Morgan fingerprint density at radius 3 is 0.870 bits per heavy atom. The van der Waals surface area contributed by atoms with Crippen LogP contribution in [-0.4, -0.2) is 74.3 Å². The largest absolute Gasteiger partial charge is 0.494 e. The molecule has 4 saturated heterocycles. The maximum Gasteiger partial charge on any atom is 0.494 e. The molecule has 4 aliphatic rings. The van der Waals surface area contributed by atoms with Crippen LogP contribution in [0.4, 0.5) is 0 Å². The number of rotatable bonds is 4. The molecule has 4 fully saturated rings. The average molecular weight is 728 g/mol. The topological polar surface area (TPSA) is 73.8 Å². The number of fused-ring (bicyclic) bond motifs is 2. The summed E-state index contributed by atoms with van der Waals surface area (Å²) in [5.41, 5.74) is 1.00. The van der Waals surface area contributed by atoms with E-state index in [-0.39, 0.29) is 12.2 Å². The van der Waals surface area contributed by atoms with Crippen molar-refractivity contribution in [1.82, 2.24) is 0 Å². The van der Waals surface area contributed by atoms with Crippen LogP contribution in [0.25, 0.3) is 43.1 Å². The van der Waals surface area contributed by atoms with Gasteiger partial charge in [-0.05, 0) is 162 Å². The van der Waals surface area contributed by atoms with Gasteiger partial charge in [-0.25, -0.2) is 0 Å². The van der Waals surface area contributed by atoms with Gasteiger partial charge in [0.25, 0.3) is 0 Å². The number of hydrogen-bond acceptors (Lipinski definition) is 8. The maximum atomic E-state index is 6.67. The molecule has 5 aromatic carbocycles. The van der Waals surface area contributed by atoms with E-state index in [9.17, 15) is 0 Å². The van der Waals surface area contributed by atoms with Crippen molar-refractivity contribution in [3.63, 3.8) is 0 Å². The molecular formula is C42H52B4O8. The fourth-order valence-electron chi connectivity index (χ4n) is 8.27. The van der Waals surface area contributed by atoms with E-state index in [1.165, 1.54) is 0 Å². The summed E-state index contributed by atoms with van der Waals surface area (Å²) < 4.78 is 52.8. The number of hydrogen-bond donors (Lipinski definition) is 0. The molecule has 0 aromatic heterocycles. The van der Waals surface area contributed by atoms with Crippen LogP contribution < -0.4 is 21.9 Å². The first kappa shape index (κ1) is 36.9. The van der Waals surface area contributed by atoms with E-state index >= 15 is 0 Å². The van der Waals surface area contributed by atoms with Crippen LogP contribution in [0.3, 0.4) is 0 Å². The Bertz CT molecular complexity index is 2170. The van der Waals surface area contributed by atoms with Gasteiger partial charge in [0.1, 0.15) is 0 Å². The summed E-state index contributed by atoms with van der Waals surface area (Å²) in [6.07, 6.45) is -0.152. The quantitative estimate of drug-likeness (QED) is 0.124. The third-order valence-corrected chi connectivity index (χ3v) is 13.8. The Balaban J connectivity index is 1.35. The third kappa shape index (κ3) is 5.46. The van der Waals surface area contributed by atoms with E-state index in [1.54, 1.807) is 0 Å². The second-order valence-corrected chi connectivity index (χ2v) is 19.3. The minimum absolute atomic E-state index is 0.0759. The Kier molecular flexibility index (Phi) is 7.85. The van der Waals surface area contributed by atoms with E-state index in [0.29, 0.717) is 0 Å². The van der Waals surface area contributed by atoms with Crippen molar-refractivity contribution in [2.24, 2.45) is 0 Å². The first-order valence-electron chi connectivity index (χ1n) is 19.6. The van der Waals surface area contributed by atoms with Gasteiger partial charge in [-0.15, -0.1) is 0 Å². The van der Waals surface area contributed by atoms with Gasteiger partial charge in [0.15, 0.2) is 0 Å². The first-order chi connectivity index (χ1) is 25.0. The van der Waals surface area contributed by atoms with Crippen molar-refractivity contribution in [3.05, 3.63) is 48.5 Å². The summed E-state index contributed by atoms with van der Waals surface area (Å²) in [6, 6.07) is 17.9. The van der Waals surface area contributed by atoms with Crippen molar-refractivity contribution < 1.29 is 37.2 Å². The van der Waals surface area contributed by atoms with Crippen LogP contribution in [0.2, 0.25) is 0 Å². The summed E-state index contributed by atoms with van der Waals surface area (Å²) in [4.78, 5) is 0. The molecule has 5 aromatic rings. The third-order valence-electron chi connectivity index (χ3n) is 13.8. The van der Waals surface area contributed by atoms with Gasteiger partial charge in [-0.1, -0.05) is 48.5 Å². The van der Waals surface area contributed by atoms with Crippen LogP contribution in [0, 0.1) is 0 Å². The molecule has 0 amide bonds. The van der Waals surface area contributed by atoms with E-state index in [1.807, 2.05) is 0 Å². The van der Waals surface area contributed by atoms with E-state index in [2.05, 4.69) is 145 Å². The second-order valence-electron chi connectivity index (χ2n) is 19.3. The molecule has 2 unspecified atom stereocenters. The Morgan fingerprint density at radius 1 is 0.370 bits per heavy atom. The van der Waals surface area contributed by atoms with Gasteiger partial charge in [0.2, 0.25) is 0 Å². The highest BCUT2D eigenvalue weighted by Gasteiger charge is 2.53. The highest BCUT2D eigenvalue weighted by atomic mass is 16.7. The van der Waals surface area contributed by atoms with Crippen LogP contribution in [0.5, 0.6) is 0 Å². The van der Waals surface area contributed by atoms with Crippen LogP contribution in [0.15, 0.2) is 48.5 Å². The maximum absolute atomic E-state index is 6.67. The standard InChI is InChI=1S/C42H52B4O8/c1-23-37(3,4)49-43(47-23)27-15-25-16-28(44-48-24(2)38(5,6)50-44)20-32-34-22-30(46-53-41(11,12)42(13,14)54-46)18-26-17-29(45-51-39(7,8)40(9,10)52-45)21-33(36(26)34)31(19-27)35(25)32/h15-24H,1-14H3. The molecular weight excluding hydrogens is 676 g/mol. The summed E-state index contributed by atoms with van der Waals surface area (Å²) in [5.74, 6) is 0. The molecule has 8 nitrogen and oxygen atoms in total. The summed E-state index contributed by atoms with van der Waals surface area (Å²) >= 11 is 0. The highest BCUT2D eigenvalue weighted by Crippen LogP contribution is 2.43. The van der Waals surface area contributed by atoms with E-state index in [0.717, 1.165) is 64.9 Å². The van der Waals surface area contributed by atoms with Crippen molar-refractivity contribution >= 4 is 93.4 Å². The minimum Gasteiger partial charge on any atom is -0.402 e. The lowest BCUT2D eigenvalue weighted by Gasteiger charge is -2.32. The molecule has 0 aliphatic carbocycles. The van der Waals surface area contributed by atoms with Gasteiger partial charge < -0.3 is 37.2 Å². The Hall–Kier alpha value is -2.66. The Morgan fingerprint density at radius 2 is 0.630 bits per heavy atom. The molecule has 12 heteroatoms. The molecule has 0 spiro atoms. The van der Waals surface area contributed by atoms with Crippen molar-refractivity contribution in [3.8, 4) is 0 Å². The minimum atomic E-state index is -0.549. The highest BCUT2D eigenvalue weighted by molar-refractivity contribution is 6.66. The number of benzene rings is 5. The molecule has 9 rings (SSSR count). The molecule has 2 atom stereocenters. The normalized spacial score (nSPS) is 26.9. The molecule has 0 saturated carbocycles. The zero-order chi connectivity index (χ0) is 38.7.